The molecule has 1 amide bonds. The van der Waals surface area contributed by atoms with E-state index in [4.69, 9.17) is 0 Å². The molecule has 0 saturated carbocycles. The SMILES string of the molecule is CC1=C(C=C2C(=O)Nc3ccc(I)cc32)CC2=C1CCCC2. The second-order valence-corrected chi connectivity index (χ2v) is 7.56. The molecule has 0 unspecified atom stereocenters. The zero-order valence-electron chi connectivity index (χ0n) is 12.6. The van der Waals surface area contributed by atoms with E-state index in [9.17, 15) is 4.79 Å². The van der Waals surface area contributed by atoms with E-state index in [2.05, 4.69) is 47.0 Å². The lowest BCUT2D eigenvalue weighted by Gasteiger charge is -2.14. The number of allylic oxidation sites excluding steroid dienone is 5. The molecule has 3 heteroatoms. The Balaban J connectivity index is 1.75. The summed E-state index contributed by atoms with van der Waals surface area (Å²) in [6.07, 6.45) is 8.25. The number of rotatable bonds is 1. The molecule has 22 heavy (non-hydrogen) atoms. The van der Waals surface area contributed by atoms with E-state index in [1.54, 1.807) is 11.1 Å². The third kappa shape index (κ3) is 2.26. The highest BCUT2D eigenvalue weighted by Gasteiger charge is 2.27. The zero-order chi connectivity index (χ0) is 15.3. The monoisotopic (exact) mass is 403 g/mol. The summed E-state index contributed by atoms with van der Waals surface area (Å²) in [6, 6.07) is 6.12. The van der Waals surface area contributed by atoms with Crippen LogP contribution in [0.25, 0.3) is 5.57 Å². The number of carbonyl (C=O) groups excluding carboxylic acids is 1. The van der Waals surface area contributed by atoms with E-state index in [1.807, 2.05) is 12.1 Å². The average molecular weight is 403 g/mol. The van der Waals surface area contributed by atoms with Gasteiger partial charge in [0.2, 0.25) is 0 Å². The minimum atomic E-state index is 0.0298. The molecular formula is C19H18INO. The van der Waals surface area contributed by atoms with Crippen LogP contribution in [-0.4, -0.2) is 5.91 Å². The van der Waals surface area contributed by atoms with Crippen LogP contribution in [0.3, 0.4) is 0 Å². The molecule has 1 heterocycles. The fourth-order valence-corrected chi connectivity index (χ4v) is 4.30. The summed E-state index contributed by atoms with van der Waals surface area (Å²) in [6.45, 7) is 2.22. The molecule has 2 nitrogen and oxygen atoms in total. The first-order valence-corrected chi connectivity index (χ1v) is 8.95. The maximum absolute atomic E-state index is 12.3. The Labute approximate surface area is 144 Å². The molecule has 0 saturated heterocycles. The molecule has 1 aromatic carbocycles. The van der Waals surface area contributed by atoms with Gasteiger partial charge in [0, 0.05) is 20.4 Å². The summed E-state index contributed by atoms with van der Waals surface area (Å²) in [7, 11) is 0. The summed E-state index contributed by atoms with van der Waals surface area (Å²) >= 11 is 2.30. The molecule has 0 bridgehead atoms. The van der Waals surface area contributed by atoms with Crippen molar-refractivity contribution in [2.75, 3.05) is 5.32 Å². The van der Waals surface area contributed by atoms with Crippen molar-refractivity contribution in [2.45, 2.75) is 39.0 Å². The Morgan fingerprint density at radius 3 is 2.86 bits per heavy atom. The maximum atomic E-state index is 12.3. The number of halogens is 1. The molecule has 1 aromatic rings. The maximum Gasteiger partial charge on any atom is 0.256 e. The van der Waals surface area contributed by atoms with Crippen LogP contribution in [0.15, 0.2) is 46.6 Å². The minimum absolute atomic E-state index is 0.0298. The summed E-state index contributed by atoms with van der Waals surface area (Å²) in [5, 5.41) is 2.98. The molecule has 0 radical (unpaired) electrons. The van der Waals surface area contributed by atoms with Crippen molar-refractivity contribution in [3.63, 3.8) is 0 Å². The lowest BCUT2D eigenvalue weighted by Crippen LogP contribution is -2.04. The molecular weight excluding hydrogens is 385 g/mol. The molecule has 1 N–H and O–H groups in total. The van der Waals surface area contributed by atoms with Crippen molar-refractivity contribution in [2.24, 2.45) is 0 Å². The first-order chi connectivity index (χ1) is 10.6. The quantitative estimate of drug-likeness (QED) is 0.506. The van der Waals surface area contributed by atoms with Gasteiger partial charge in [0.05, 0.1) is 0 Å². The number of hydrogen-bond donors (Lipinski definition) is 1. The van der Waals surface area contributed by atoms with Gasteiger partial charge >= 0.3 is 0 Å². The molecule has 2 aliphatic carbocycles. The molecule has 4 rings (SSSR count). The molecule has 3 aliphatic rings. The molecule has 0 spiro atoms. The van der Waals surface area contributed by atoms with Crippen LogP contribution in [0.5, 0.6) is 0 Å². The Morgan fingerprint density at radius 1 is 1.23 bits per heavy atom. The Bertz CT molecular complexity index is 783. The second kappa shape index (κ2) is 5.37. The van der Waals surface area contributed by atoms with Gasteiger partial charge in [-0.2, -0.15) is 0 Å². The van der Waals surface area contributed by atoms with Gasteiger partial charge in [-0.1, -0.05) is 5.57 Å². The van der Waals surface area contributed by atoms with Crippen LogP contribution < -0.4 is 5.32 Å². The molecule has 0 fully saturated rings. The molecule has 1 aliphatic heterocycles. The minimum Gasteiger partial charge on any atom is -0.321 e. The smallest absolute Gasteiger partial charge is 0.256 e. The Hall–Kier alpha value is -1.36. The lowest BCUT2D eigenvalue weighted by molar-refractivity contribution is -0.110. The first kappa shape index (κ1) is 14.2. The van der Waals surface area contributed by atoms with E-state index >= 15 is 0 Å². The highest BCUT2D eigenvalue weighted by molar-refractivity contribution is 14.1. The summed E-state index contributed by atoms with van der Waals surface area (Å²) in [5.41, 5.74) is 8.73. The van der Waals surface area contributed by atoms with Crippen molar-refractivity contribution in [3.05, 3.63) is 55.7 Å². The van der Waals surface area contributed by atoms with Gasteiger partial charge in [0.1, 0.15) is 0 Å². The number of nitrogens with one attached hydrogen (secondary N) is 1. The highest BCUT2D eigenvalue weighted by atomic mass is 127. The van der Waals surface area contributed by atoms with Crippen LogP contribution in [0.4, 0.5) is 5.69 Å². The average Bonchev–Trinajstić information content (AvgIpc) is 2.99. The number of hydrogen-bond acceptors (Lipinski definition) is 1. The summed E-state index contributed by atoms with van der Waals surface area (Å²) < 4.78 is 1.16. The van der Waals surface area contributed by atoms with Crippen molar-refractivity contribution in [1.82, 2.24) is 0 Å². The molecule has 0 atom stereocenters. The predicted molar refractivity (Wildman–Crippen MR) is 98.6 cm³/mol. The van der Waals surface area contributed by atoms with Gasteiger partial charge in [-0.25, -0.2) is 0 Å². The fourth-order valence-electron chi connectivity index (χ4n) is 3.81. The van der Waals surface area contributed by atoms with Gasteiger partial charge < -0.3 is 5.32 Å². The van der Waals surface area contributed by atoms with Gasteiger partial charge in [-0.05, 0) is 103 Å². The van der Waals surface area contributed by atoms with Crippen molar-refractivity contribution < 1.29 is 4.79 Å². The number of benzene rings is 1. The molecule has 112 valence electrons. The van der Waals surface area contributed by atoms with Crippen molar-refractivity contribution in [1.29, 1.82) is 0 Å². The van der Waals surface area contributed by atoms with Crippen molar-refractivity contribution >= 4 is 39.8 Å². The predicted octanol–water partition coefficient (Wildman–Crippen LogP) is 5.22. The number of amides is 1. The van der Waals surface area contributed by atoms with Crippen molar-refractivity contribution in [3.8, 4) is 0 Å². The second-order valence-electron chi connectivity index (χ2n) is 6.32. The van der Waals surface area contributed by atoms with Crippen LogP contribution in [0.1, 0.15) is 44.6 Å². The largest absolute Gasteiger partial charge is 0.321 e. The van der Waals surface area contributed by atoms with Crippen LogP contribution >= 0.6 is 22.6 Å². The Morgan fingerprint density at radius 2 is 2.05 bits per heavy atom. The number of fused-ring (bicyclic) bond motifs is 1. The standard InChI is InChI=1S/C19H18INO/c1-11-13(8-12-4-2-3-5-15(11)12)9-17-16-10-14(20)6-7-18(16)21-19(17)22/h6-7,9-10H,2-5,8H2,1H3,(H,21,22). The van der Waals surface area contributed by atoms with Crippen LogP contribution in [0.2, 0.25) is 0 Å². The van der Waals surface area contributed by atoms with Crippen LogP contribution in [-0.2, 0) is 4.79 Å². The van der Waals surface area contributed by atoms with Crippen LogP contribution in [0, 0.1) is 3.57 Å². The topological polar surface area (TPSA) is 29.1 Å². The number of anilines is 1. The first-order valence-electron chi connectivity index (χ1n) is 7.87. The van der Waals surface area contributed by atoms with Gasteiger partial charge in [-0.3, -0.25) is 4.79 Å². The zero-order valence-corrected chi connectivity index (χ0v) is 14.8. The summed E-state index contributed by atoms with van der Waals surface area (Å²) in [4.78, 5) is 12.3. The van der Waals surface area contributed by atoms with Gasteiger partial charge in [0.25, 0.3) is 5.91 Å². The fraction of sp³-hybridized carbons (Fsp3) is 0.316. The van der Waals surface area contributed by atoms with Gasteiger partial charge in [-0.15, -0.1) is 0 Å². The highest BCUT2D eigenvalue weighted by Crippen LogP contribution is 2.43. The van der Waals surface area contributed by atoms with E-state index in [-0.39, 0.29) is 5.91 Å². The van der Waals surface area contributed by atoms with E-state index in [0.717, 1.165) is 26.8 Å². The number of carbonyl (C=O) groups is 1. The Kier molecular flexibility index (Phi) is 3.48. The van der Waals surface area contributed by atoms with E-state index in [1.165, 1.54) is 36.8 Å². The van der Waals surface area contributed by atoms with E-state index < -0.39 is 0 Å². The van der Waals surface area contributed by atoms with E-state index in [0.29, 0.717) is 0 Å². The van der Waals surface area contributed by atoms with Gasteiger partial charge in [0.15, 0.2) is 0 Å². The summed E-state index contributed by atoms with van der Waals surface area (Å²) in [5.74, 6) is 0.0298. The normalized spacial score (nSPS) is 22.3. The third-order valence-electron chi connectivity index (χ3n) is 5.00. The lowest BCUT2D eigenvalue weighted by atomic mass is 9.91. The molecule has 0 aromatic heterocycles. The third-order valence-corrected chi connectivity index (χ3v) is 5.67.